The number of aldehydes is 1. The van der Waals surface area contributed by atoms with E-state index in [2.05, 4.69) is 4.98 Å². The Morgan fingerprint density at radius 2 is 2.00 bits per heavy atom. The molecule has 0 unspecified atom stereocenters. The van der Waals surface area contributed by atoms with Crippen LogP contribution in [0.4, 0.5) is 0 Å². The number of pyridine rings is 1. The molecule has 0 radical (unpaired) electrons. The van der Waals surface area contributed by atoms with Crippen LogP contribution in [0.2, 0.25) is 0 Å². The number of hydrogen-bond acceptors (Lipinski definition) is 3. The molecular weight excluding hydrogens is 250 g/mol. The maximum atomic E-state index is 12.4. The van der Waals surface area contributed by atoms with Gasteiger partial charge in [-0.05, 0) is 37.8 Å². The van der Waals surface area contributed by atoms with Crippen LogP contribution in [0.5, 0.6) is 0 Å². The molecule has 3 rings (SSSR count). The highest BCUT2D eigenvalue weighted by Crippen LogP contribution is 2.54. The molecule has 1 aromatic rings. The fraction of sp³-hybridized carbons (Fsp3) is 0.588. The van der Waals surface area contributed by atoms with Crippen molar-refractivity contribution < 1.29 is 9.59 Å². The van der Waals surface area contributed by atoms with Crippen LogP contribution >= 0.6 is 0 Å². The number of nitrogens with zero attached hydrogens (tertiary/aromatic N) is 1. The quantitative estimate of drug-likeness (QED) is 0.793. The van der Waals surface area contributed by atoms with Crippen molar-refractivity contribution in [1.82, 2.24) is 4.98 Å². The second-order valence-corrected chi connectivity index (χ2v) is 6.45. The molecule has 20 heavy (non-hydrogen) atoms. The highest BCUT2D eigenvalue weighted by Gasteiger charge is 2.51. The first kappa shape index (κ1) is 13.5. The average Bonchev–Trinajstić information content (AvgIpc) is 2.94. The monoisotopic (exact) mass is 271 g/mol. The van der Waals surface area contributed by atoms with Gasteiger partial charge in [0, 0.05) is 35.6 Å². The van der Waals surface area contributed by atoms with Gasteiger partial charge in [-0.1, -0.05) is 18.9 Å². The zero-order valence-corrected chi connectivity index (χ0v) is 11.8. The molecule has 0 bridgehead atoms. The number of carbonyl (C=O) groups is 2. The van der Waals surface area contributed by atoms with E-state index in [0.29, 0.717) is 18.6 Å². The van der Waals surface area contributed by atoms with E-state index in [0.717, 1.165) is 50.5 Å². The number of aromatic nitrogens is 1. The summed E-state index contributed by atoms with van der Waals surface area (Å²) in [6.45, 7) is 0. The summed E-state index contributed by atoms with van der Waals surface area (Å²) in [6, 6.07) is 5.89. The Kier molecular flexibility index (Phi) is 3.45. The second-order valence-electron chi connectivity index (χ2n) is 6.45. The average molecular weight is 271 g/mol. The van der Waals surface area contributed by atoms with Gasteiger partial charge < -0.3 is 4.79 Å². The largest absolute Gasteiger partial charge is 0.303 e. The Labute approximate surface area is 119 Å². The van der Waals surface area contributed by atoms with E-state index in [4.69, 9.17) is 0 Å². The molecule has 0 aromatic carbocycles. The summed E-state index contributed by atoms with van der Waals surface area (Å²) in [5.41, 5.74) is 0.603. The minimum absolute atomic E-state index is 0.168. The van der Waals surface area contributed by atoms with E-state index >= 15 is 0 Å². The van der Waals surface area contributed by atoms with Crippen LogP contribution in [0.1, 0.15) is 57.1 Å². The van der Waals surface area contributed by atoms with E-state index < -0.39 is 0 Å². The lowest BCUT2D eigenvalue weighted by Gasteiger charge is -2.44. The number of hydrogen-bond donors (Lipinski definition) is 0. The molecule has 3 heteroatoms. The maximum absolute atomic E-state index is 12.4. The molecule has 3 nitrogen and oxygen atoms in total. The number of ketones is 1. The van der Waals surface area contributed by atoms with Crippen molar-refractivity contribution in [2.45, 2.75) is 56.8 Å². The van der Waals surface area contributed by atoms with Gasteiger partial charge in [0.05, 0.1) is 0 Å². The van der Waals surface area contributed by atoms with Gasteiger partial charge in [-0.25, -0.2) is 0 Å². The van der Waals surface area contributed by atoms with Crippen molar-refractivity contribution in [2.24, 2.45) is 5.41 Å². The first-order chi connectivity index (χ1) is 9.71. The lowest BCUT2D eigenvalue weighted by Crippen LogP contribution is -2.44. The van der Waals surface area contributed by atoms with Crippen molar-refractivity contribution in [2.75, 3.05) is 0 Å². The highest BCUT2D eigenvalue weighted by atomic mass is 16.1. The fourth-order valence-electron chi connectivity index (χ4n) is 4.29. The molecule has 1 atom stereocenters. The van der Waals surface area contributed by atoms with Gasteiger partial charge >= 0.3 is 0 Å². The maximum Gasteiger partial charge on any atom is 0.139 e. The van der Waals surface area contributed by atoms with Gasteiger partial charge in [0.15, 0.2) is 0 Å². The number of carbonyl (C=O) groups excluding carboxylic acids is 2. The van der Waals surface area contributed by atoms with E-state index in [-0.39, 0.29) is 10.8 Å². The van der Waals surface area contributed by atoms with E-state index in [1.165, 1.54) is 0 Å². The third-order valence-electron chi connectivity index (χ3n) is 5.34. The molecule has 2 aliphatic carbocycles. The smallest absolute Gasteiger partial charge is 0.139 e. The van der Waals surface area contributed by atoms with Crippen LogP contribution in [-0.2, 0) is 15.0 Å². The van der Waals surface area contributed by atoms with Crippen molar-refractivity contribution in [3.05, 3.63) is 30.1 Å². The molecule has 2 saturated carbocycles. The predicted molar refractivity (Wildman–Crippen MR) is 76.4 cm³/mol. The Morgan fingerprint density at radius 1 is 1.20 bits per heavy atom. The van der Waals surface area contributed by atoms with Gasteiger partial charge in [0.1, 0.15) is 12.1 Å². The minimum atomic E-state index is -0.221. The molecular formula is C17H21NO2. The Balaban J connectivity index is 1.99. The molecule has 0 saturated heterocycles. The van der Waals surface area contributed by atoms with Crippen LogP contribution in [0.15, 0.2) is 24.4 Å². The minimum Gasteiger partial charge on any atom is -0.303 e. The molecule has 0 amide bonds. The summed E-state index contributed by atoms with van der Waals surface area (Å²) in [7, 11) is 0. The summed E-state index contributed by atoms with van der Waals surface area (Å²) in [4.78, 5) is 28.2. The lowest BCUT2D eigenvalue weighted by molar-refractivity contribution is -0.134. The molecule has 2 aliphatic rings. The van der Waals surface area contributed by atoms with Crippen molar-refractivity contribution in [3.8, 4) is 0 Å². The molecule has 0 aliphatic heterocycles. The molecule has 1 aromatic heterocycles. The van der Waals surface area contributed by atoms with E-state index in [1.54, 1.807) is 6.20 Å². The van der Waals surface area contributed by atoms with Gasteiger partial charge in [0.25, 0.3) is 0 Å². The SMILES string of the molecule is O=CC[C@@]1(c2ccccn2)CCC(=O)C2(CCCC2)C1. The Morgan fingerprint density at radius 3 is 2.65 bits per heavy atom. The van der Waals surface area contributed by atoms with Gasteiger partial charge in [-0.2, -0.15) is 0 Å². The third-order valence-corrected chi connectivity index (χ3v) is 5.34. The van der Waals surface area contributed by atoms with Crippen molar-refractivity contribution >= 4 is 12.1 Å². The molecule has 2 fully saturated rings. The lowest BCUT2D eigenvalue weighted by atomic mass is 9.58. The molecule has 0 N–H and O–H groups in total. The van der Waals surface area contributed by atoms with Gasteiger partial charge in [-0.15, -0.1) is 0 Å². The Bertz CT molecular complexity index is 505. The number of Topliss-reactive ketones (excluding diaryl/α,β-unsaturated/α-hetero) is 1. The van der Waals surface area contributed by atoms with Crippen LogP contribution in [-0.4, -0.2) is 17.1 Å². The second kappa shape index (κ2) is 5.12. The summed E-state index contributed by atoms with van der Waals surface area (Å²) < 4.78 is 0. The van der Waals surface area contributed by atoms with Crippen LogP contribution in [0, 0.1) is 5.41 Å². The summed E-state index contributed by atoms with van der Waals surface area (Å²) in [5, 5.41) is 0. The highest BCUT2D eigenvalue weighted by molar-refractivity contribution is 5.86. The zero-order chi connectivity index (χ0) is 14.1. The summed E-state index contributed by atoms with van der Waals surface area (Å²) in [5.74, 6) is 0.424. The van der Waals surface area contributed by atoms with Crippen molar-refractivity contribution in [1.29, 1.82) is 0 Å². The topological polar surface area (TPSA) is 47.0 Å². The fourth-order valence-corrected chi connectivity index (χ4v) is 4.29. The summed E-state index contributed by atoms with van der Waals surface area (Å²) >= 11 is 0. The standard InChI is InChI=1S/C17H21NO2/c19-12-10-16(14-5-1-4-11-18-14)9-6-15(20)17(13-16)7-2-3-8-17/h1,4-5,11-12H,2-3,6-10,13H2/t16-/m0/s1. The number of rotatable bonds is 3. The normalized spacial score (nSPS) is 28.7. The van der Waals surface area contributed by atoms with Crippen molar-refractivity contribution in [3.63, 3.8) is 0 Å². The van der Waals surface area contributed by atoms with Crippen LogP contribution in [0.3, 0.4) is 0 Å². The summed E-state index contributed by atoms with van der Waals surface area (Å²) in [6.07, 6.45) is 9.75. The molecule has 1 heterocycles. The third kappa shape index (κ3) is 2.09. The zero-order valence-electron chi connectivity index (χ0n) is 11.8. The van der Waals surface area contributed by atoms with E-state index in [9.17, 15) is 9.59 Å². The molecule has 106 valence electrons. The Hall–Kier alpha value is -1.51. The van der Waals surface area contributed by atoms with Gasteiger partial charge in [-0.3, -0.25) is 9.78 Å². The van der Waals surface area contributed by atoms with Crippen LogP contribution < -0.4 is 0 Å². The first-order valence-corrected chi connectivity index (χ1v) is 7.59. The predicted octanol–water partition coefficient (Wildman–Crippen LogP) is 3.22. The van der Waals surface area contributed by atoms with E-state index in [1.807, 2.05) is 18.2 Å². The van der Waals surface area contributed by atoms with Gasteiger partial charge in [0.2, 0.25) is 0 Å². The van der Waals surface area contributed by atoms with Crippen LogP contribution in [0.25, 0.3) is 0 Å². The first-order valence-electron chi connectivity index (χ1n) is 7.59. The molecule has 1 spiro atoms.